The van der Waals surface area contributed by atoms with Crippen LogP contribution in [0.3, 0.4) is 0 Å². The Morgan fingerprint density at radius 2 is 2.14 bits per heavy atom. The maximum absolute atomic E-state index is 12.3. The zero-order valence-electron chi connectivity index (χ0n) is 19.3. The fraction of sp³-hybridized carbons (Fsp3) is 0.333. The largest absolute Gasteiger partial charge is 0.490 e. The number of rotatable bonds is 8. The van der Waals surface area contributed by atoms with Crippen molar-refractivity contribution in [1.82, 2.24) is 14.9 Å². The van der Waals surface area contributed by atoms with Crippen LogP contribution in [0.5, 0.6) is 5.75 Å². The summed E-state index contributed by atoms with van der Waals surface area (Å²) >= 11 is 0. The van der Waals surface area contributed by atoms with E-state index in [0.29, 0.717) is 35.5 Å². The van der Waals surface area contributed by atoms with Crippen LogP contribution >= 0.6 is 0 Å². The van der Waals surface area contributed by atoms with Crippen LogP contribution in [-0.4, -0.2) is 36.3 Å². The molecule has 0 spiro atoms. The van der Waals surface area contributed by atoms with Crippen LogP contribution in [0.15, 0.2) is 40.9 Å². The van der Waals surface area contributed by atoms with E-state index in [2.05, 4.69) is 20.9 Å². The van der Waals surface area contributed by atoms with Crippen LogP contribution in [-0.2, 0) is 21.2 Å². The molecule has 0 bridgehead atoms. The van der Waals surface area contributed by atoms with Gasteiger partial charge in [0, 0.05) is 17.2 Å². The Morgan fingerprint density at radius 1 is 1.34 bits per heavy atom. The molecule has 182 valence electrons. The van der Waals surface area contributed by atoms with E-state index in [0.717, 1.165) is 23.1 Å². The number of sulfonamides is 1. The molecule has 0 aliphatic heterocycles. The number of ether oxygens (including phenoxy) is 1. The number of benzene rings is 2. The van der Waals surface area contributed by atoms with Gasteiger partial charge in [0.05, 0.1) is 11.7 Å². The fourth-order valence-corrected chi connectivity index (χ4v) is 5.32. The molecule has 1 atom stereocenters. The SMILES string of the molecule is CC(C)Oc1ccc(-c2nc(-c3cccc4c3CCC[C@H]4NS(=O)(=O)CC(N)=O)no2)cc1C#N. The summed E-state index contributed by atoms with van der Waals surface area (Å²) < 4.78 is 38.3. The zero-order chi connectivity index (χ0) is 25.2. The van der Waals surface area contributed by atoms with Gasteiger partial charge in [0.25, 0.3) is 5.89 Å². The van der Waals surface area contributed by atoms with Gasteiger partial charge in [0.1, 0.15) is 17.6 Å². The van der Waals surface area contributed by atoms with Gasteiger partial charge in [0.2, 0.25) is 21.8 Å². The molecule has 0 fully saturated rings. The van der Waals surface area contributed by atoms with E-state index in [1.165, 1.54) is 0 Å². The van der Waals surface area contributed by atoms with E-state index < -0.39 is 27.7 Å². The van der Waals surface area contributed by atoms with E-state index >= 15 is 0 Å². The molecule has 1 aliphatic rings. The number of amides is 1. The molecule has 1 aliphatic carbocycles. The van der Waals surface area contributed by atoms with Crippen molar-refractivity contribution in [3.8, 4) is 34.7 Å². The molecule has 0 saturated heterocycles. The van der Waals surface area contributed by atoms with Crippen LogP contribution in [0.4, 0.5) is 0 Å². The maximum Gasteiger partial charge on any atom is 0.258 e. The summed E-state index contributed by atoms with van der Waals surface area (Å²) in [7, 11) is -3.86. The second kappa shape index (κ2) is 9.85. The quantitative estimate of drug-likeness (QED) is 0.482. The van der Waals surface area contributed by atoms with Crippen molar-refractivity contribution in [2.75, 3.05) is 5.75 Å². The van der Waals surface area contributed by atoms with Gasteiger partial charge >= 0.3 is 0 Å². The molecule has 1 amide bonds. The van der Waals surface area contributed by atoms with Crippen molar-refractivity contribution >= 4 is 15.9 Å². The molecule has 4 rings (SSSR count). The number of carbonyl (C=O) groups excluding carboxylic acids is 1. The van der Waals surface area contributed by atoms with Crippen molar-refractivity contribution in [3.63, 3.8) is 0 Å². The predicted molar refractivity (Wildman–Crippen MR) is 127 cm³/mol. The van der Waals surface area contributed by atoms with Crippen molar-refractivity contribution in [3.05, 3.63) is 53.1 Å². The van der Waals surface area contributed by atoms with E-state index in [1.807, 2.05) is 26.0 Å². The molecule has 2 aromatic carbocycles. The molecule has 35 heavy (non-hydrogen) atoms. The number of fused-ring (bicyclic) bond motifs is 1. The highest BCUT2D eigenvalue weighted by atomic mass is 32.2. The number of hydrogen-bond donors (Lipinski definition) is 2. The zero-order valence-corrected chi connectivity index (χ0v) is 20.1. The Morgan fingerprint density at radius 3 is 2.86 bits per heavy atom. The third-order valence-electron chi connectivity index (χ3n) is 5.54. The van der Waals surface area contributed by atoms with Crippen LogP contribution in [0, 0.1) is 11.3 Å². The molecule has 0 saturated carbocycles. The first-order chi connectivity index (χ1) is 16.7. The Balaban J connectivity index is 1.65. The van der Waals surface area contributed by atoms with Crippen molar-refractivity contribution in [1.29, 1.82) is 5.26 Å². The number of primary amides is 1. The lowest BCUT2D eigenvalue weighted by molar-refractivity contribution is -0.115. The number of nitrogens with zero attached hydrogens (tertiary/aromatic N) is 3. The first-order valence-electron chi connectivity index (χ1n) is 11.1. The number of carbonyl (C=O) groups is 1. The van der Waals surface area contributed by atoms with Gasteiger partial charge in [-0.3, -0.25) is 4.79 Å². The van der Waals surface area contributed by atoms with Crippen LogP contribution in [0.1, 0.15) is 49.4 Å². The first-order valence-corrected chi connectivity index (χ1v) is 12.8. The van der Waals surface area contributed by atoms with E-state index in [9.17, 15) is 18.5 Å². The molecule has 3 N–H and O–H groups in total. The summed E-state index contributed by atoms with van der Waals surface area (Å²) in [6, 6.07) is 12.2. The third-order valence-corrected chi connectivity index (χ3v) is 6.85. The van der Waals surface area contributed by atoms with E-state index in [-0.39, 0.29) is 12.0 Å². The average Bonchev–Trinajstić information content (AvgIpc) is 3.28. The first kappa shape index (κ1) is 24.4. The summed E-state index contributed by atoms with van der Waals surface area (Å²) in [5.74, 6) is -0.588. The molecule has 0 radical (unpaired) electrons. The number of nitrogens with one attached hydrogen (secondary N) is 1. The van der Waals surface area contributed by atoms with Crippen LogP contribution < -0.4 is 15.2 Å². The molecule has 11 heteroatoms. The lowest BCUT2D eigenvalue weighted by Crippen LogP contribution is -2.37. The Kier molecular flexibility index (Phi) is 6.86. The number of nitrogens with two attached hydrogens (primary N) is 1. The van der Waals surface area contributed by atoms with E-state index in [4.69, 9.17) is 15.0 Å². The second-order valence-corrected chi connectivity index (χ2v) is 10.3. The second-order valence-electron chi connectivity index (χ2n) is 8.57. The lowest BCUT2D eigenvalue weighted by Gasteiger charge is -2.27. The summed E-state index contributed by atoms with van der Waals surface area (Å²) in [6.45, 7) is 3.76. The van der Waals surface area contributed by atoms with Crippen LogP contribution in [0.25, 0.3) is 22.8 Å². The molecule has 1 heterocycles. The highest BCUT2D eigenvalue weighted by Crippen LogP contribution is 2.36. The molecule has 0 unspecified atom stereocenters. The Labute approximate surface area is 203 Å². The number of aromatic nitrogens is 2. The van der Waals surface area contributed by atoms with Gasteiger partial charge in [-0.2, -0.15) is 10.2 Å². The lowest BCUT2D eigenvalue weighted by atomic mass is 9.85. The minimum atomic E-state index is -3.86. The normalized spacial score (nSPS) is 15.4. The molecular formula is C24H25N5O5S. The molecule has 1 aromatic heterocycles. The summed E-state index contributed by atoms with van der Waals surface area (Å²) in [4.78, 5) is 15.7. The van der Waals surface area contributed by atoms with Gasteiger partial charge in [-0.05, 0) is 62.4 Å². The third kappa shape index (κ3) is 5.50. The minimum Gasteiger partial charge on any atom is -0.490 e. The van der Waals surface area contributed by atoms with Gasteiger partial charge in [-0.1, -0.05) is 23.4 Å². The van der Waals surface area contributed by atoms with Crippen LogP contribution in [0.2, 0.25) is 0 Å². The molecule has 3 aromatic rings. The topological polar surface area (TPSA) is 161 Å². The Bertz CT molecular complexity index is 1410. The summed E-state index contributed by atoms with van der Waals surface area (Å²) in [6.07, 6.45) is 1.97. The minimum absolute atomic E-state index is 0.0729. The van der Waals surface area contributed by atoms with E-state index in [1.54, 1.807) is 24.3 Å². The van der Waals surface area contributed by atoms with Gasteiger partial charge < -0.3 is 15.0 Å². The summed E-state index contributed by atoms with van der Waals surface area (Å²) in [5, 5.41) is 13.6. The van der Waals surface area contributed by atoms with Gasteiger partial charge in [-0.15, -0.1) is 0 Å². The molecule has 10 nitrogen and oxygen atoms in total. The maximum atomic E-state index is 12.3. The monoisotopic (exact) mass is 495 g/mol. The predicted octanol–water partition coefficient (Wildman–Crippen LogP) is 2.84. The standard InChI is InChI=1S/C24H25N5O5S/c1-14(2)33-21-10-9-15(11-16(21)12-25)24-27-23(28-34-24)19-7-3-6-18-17(19)5-4-8-20(18)29-35(31,32)13-22(26)30/h3,6-7,9-11,14,20,29H,4-5,8,13H2,1-2H3,(H2,26,30)/t20-/m1/s1. The number of hydrogen-bond acceptors (Lipinski definition) is 8. The van der Waals surface area contributed by atoms with Crippen molar-refractivity contribution in [2.45, 2.75) is 45.3 Å². The highest BCUT2D eigenvalue weighted by Gasteiger charge is 2.28. The van der Waals surface area contributed by atoms with Gasteiger partial charge in [-0.25, -0.2) is 13.1 Å². The Hall–Kier alpha value is -3.75. The highest BCUT2D eigenvalue weighted by molar-refractivity contribution is 7.90. The average molecular weight is 496 g/mol. The smallest absolute Gasteiger partial charge is 0.258 e. The summed E-state index contributed by atoms with van der Waals surface area (Å²) in [5.41, 5.74) is 8.46. The fourth-order valence-electron chi connectivity index (χ4n) is 4.18. The van der Waals surface area contributed by atoms with Crippen molar-refractivity contribution < 1.29 is 22.5 Å². The number of nitriles is 1. The molecular weight excluding hydrogens is 470 g/mol. The van der Waals surface area contributed by atoms with Gasteiger partial charge in [0.15, 0.2) is 0 Å². The van der Waals surface area contributed by atoms with Crippen molar-refractivity contribution in [2.24, 2.45) is 5.73 Å².